The predicted octanol–water partition coefficient (Wildman–Crippen LogP) is 3.66. The molecule has 1 fully saturated rings. The van der Waals surface area contributed by atoms with Crippen molar-refractivity contribution >= 4 is 0 Å². The number of rotatable bonds is 6. The van der Waals surface area contributed by atoms with Gasteiger partial charge in [0.15, 0.2) is 11.5 Å². The van der Waals surface area contributed by atoms with E-state index in [9.17, 15) is 0 Å². The van der Waals surface area contributed by atoms with Crippen LogP contribution >= 0.6 is 0 Å². The third-order valence-electron chi connectivity index (χ3n) is 4.74. The molecule has 3 rings (SSSR count). The number of methoxy groups -OCH3 is 1. The van der Waals surface area contributed by atoms with E-state index in [1.165, 1.54) is 0 Å². The van der Waals surface area contributed by atoms with Gasteiger partial charge in [0.1, 0.15) is 5.82 Å². The van der Waals surface area contributed by atoms with Crippen LogP contribution in [-0.4, -0.2) is 35.9 Å². The van der Waals surface area contributed by atoms with Gasteiger partial charge >= 0.3 is 0 Å². The number of ether oxygens (including phenoxy) is 2. The highest BCUT2D eigenvalue weighted by molar-refractivity contribution is 5.61. The summed E-state index contributed by atoms with van der Waals surface area (Å²) in [5.41, 5.74) is 1.06. The summed E-state index contributed by atoms with van der Waals surface area (Å²) in [6.45, 7) is 5.90. The molecule has 1 N–H and O–H groups in total. The standard InChI is InChI=1S/C19H27N3O2/c1-4-15-13-16(8-9-20-15)22-11-10-21-19(22)14-6-7-17(24-5-2)18(12-14)23-3/h6-7,10-12,15-16,20H,4-5,8-9,13H2,1-3H3/t15-,16+/m0/s1. The van der Waals surface area contributed by atoms with E-state index < -0.39 is 0 Å². The third kappa shape index (κ3) is 3.41. The number of nitrogens with zero attached hydrogens (tertiary/aromatic N) is 2. The van der Waals surface area contributed by atoms with Crippen molar-refractivity contribution in [2.45, 2.75) is 45.2 Å². The maximum Gasteiger partial charge on any atom is 0.161 e. The molecule has 2 aromatic rings. The van der Waals surface area contributed by atoms with Crippen LogP contribution in [-0.2, 0) is 0 Å². The second-order valence-corrected chi connectivity index (χ2v) is 6.19. The van der Waals surface area contributed by atoms with Gasteiger partial charge in [-0.05, 0) is 50.9 Å². The third-order valence-corrected chi connectivity index (χ3v) is 4.74. The van der Waals surface area contributed by atoms with Gasteiger partial charge in [0, 0.05) is 30.0 Å². The Kier molecular flexibility index (Phi) is 5.41. The van der Waals surface area contributed by atoms with Crippen LogP contribution in [0.3, 0.4) is 0 Å². The smallest absolute Gasteiger partial charge is 0.161 e. The van der Waals surface area contributed by atoms with Gasteiger partial charge in [-0.2, -0.15) is 0 Å². The number of nitrogens with one attached hydrogen (secondary N) is 1. The Morgan fingerprint density at radius 1 is 1.29 bits per heavy atom. The lowest BCUT2D eigenvalue weighted by Gasteiger charge is -2.31. The second-order valence-electron chi connectivity index (χ2n) is 6.19. The molecule has 5 nitrogen and oxygen atoms in total. The van der Waals surface area contributed by atoms with Crippen molar-refractivity contribution in [3.63, 3.8) is 0 Å². The van der Waals surface area contributed by atoms with Crippen molar-refractivity contribution < 1.29 is 9.47 Å². The van der Waals surface area contributed by atoms with E-state index in [1.54, 1.807) is 7.11 Å². The quantitative estimate of drug-likeness (QED) is 0.878. The molecule has 0 radical (unpaired) electrons. The Morgan fingerprint density at radius 2 is 2.17 bits per heavy atom. The summed E-state index contributed by atoms with van der Waals surface area (Å²) < 4.78 is 13.4. The SMILES string of the molecule is CCOc1ccc(-c2nccn2[C@@H]2CCN[C@@H](CC)C2)cc1OC. The lowest BCUT2D eigenvalue weighted by Crippen LogP contribution is -2.38. The Morgan fingerprint density at radius 3 is 2.92 bits per heavy atom. The first-order chi connectivity index (χ1) is 11.8. The van der Waals surface area contributed by atoms with Crippen LogP contribution in [0, 0.1) is 0 Å². The van der Waals surface area contributed by atoms with Crippen LogP contribution in [0.4, 0.5) is 0 Å². The molecule has 1 aliphatic rings. The fraction of sp³-hybridized carbons (Fsp3) is 0.526. The molecule has 0 spiro atoms. The lowest BCUT2D eigenvalue weighted by atomic mass is 9.97. The minimum absolute atomic E-state index is 0.492. The Balaban J connectivity index is 1.89. The minimum Gasteiger partial charge on any atom is -0.493 e. The Labute approximate surface area is 144 Å². The molecule has 2 heterocycles. The van der Waals surface area contributed by atoms with Gasteiger partial charge in [-0.25, -0.2) is 4.98 Å². The highest BCUT2D eigenvalue weighted by atomic mass is 16.5. The molecule has 24 heavy (non-hydrogen) atoms. The highest BCUT2D eigenvalue weighted by Gasteiger charge is 2.23. The number of benzene rings is 1. The molecule has 130 valence electrons. The summed E-state index contributed by atoms with van der Waals surface area (Å²) in [6.07, 6.45) is 7.43. The van der Waals surface area contributed by atoms with Crippen LogP contribution in [0.2, 0.25) is 0 Å². The lowest BCUT2D eigenvalue weighted by molar-refractivity contribution is 0.297. The van der Waals surface area contributed by atoms with E-state index >= 15 is 0 Å². The van der Waals surface area contributed by atoms with E-state index in [4.69, 9.17) is 9.47 Å². The summed E-state index contributed by atoms with van der Waals surface area (Å²) in [6, 6.07) is 7.13. The molecule has 1 aromatic carbocycles. The maximum absolute atomic E-state index is 5.61. The predicted molar refractivity (Wildman–Crippen MR) is 95.7 cm³/mol. The molecular formula is C19H27N3O2. The Hall–Kier alpha value is -2.01. The highest BCUT2D eigenvalue weighted by Crippen LogP contribution is 2.34. The molecule has 0 saturated carbocycles. The summed E-state index contributed by atoms with van der Waals surface area (Å²) in [5, 5.41) is 3.59. The first-order valence-electron chi connectivity index (χ1n) is 8.84. The number of imidazole rings is 1. The van der Waals surface area contributed by atoms with Crippen LogP contribution in [0.25, 0.3) is 11.4 Å². The number of hydrogen-bond acceptors (Lipinski definition) is 4. The number of aromatic nitrogens is 2. The molecule has 0 unspecified atom stereocenters. The van der Waals surface area contributed by atoms with Crippen molar-refractivity contribution in [2.75, 3.05) is 20.3 Å². The molecule has 1 saturated heterocycles. The average molecular weight is 329 g/mol. The van der Waals surface area contributed by atoms with Crippen molar-refractivity contribution in [2.24, 2.45) is 0 Å². The van der Waals surface area contributed by atoms with Crippen molar-refractivity contribution in [3.8, 4) is 22.9 Å². The van der Waals surface area contributed by atoms with E-state index in [0.717, 1.165) is 48.7 Å². The molecule has 0 aliphatic carbocycles. The largest absolute Gasteiger partial charge is 0.493 e. The van der Waals surface area contributed by atoms with Crippen molar-refractivity contribution in [1.82, 2.24) is 14.9 Å². The maximum atomic E-state index is 5.61. The zero-order chi connectivity index (χ0) is 16.9. The van der Waals surface area contributed by atoms with Crippen molar-refractivity contribution in [1.29, 1.82) is 0 Å². The zero-order valence-electron chi connectivity index (χ0n) is 14.8. The van der Waals surface area contributed by atoms with Crippen LogP contribution < -0.4 is 14.8 Å². The summed E-state index contributed by atoms with van der Waals surface area (Å²) in [5.74, 6) is 2.52. The first-order valence-corrected chi connectivity index (χ1v) is 8.84. The van der Waals surface area contributed by atoms with Gasteiger partial charge in [-0.3, -0.25) is 0 Å². The van der Waals surface area contributed by atoms with Gasteiger partial charge in [0.05, 0.1) is 13.7 Å². The van der Waals surface area contributed by atoms with Crippen molar-refractivity contribution in [3.05, 3.63) is 30.6 Å². The fourth-order valence-corrected chi connectivity index (χ4v) is 3.46. The normalized spacial score (nSPS) is 20.8. The molecule has 1 aliphatic heterocycles. The van der Waals surface area contributed by atoms with Gasteiger partial charge in [-0.15, -0.1) is 0 Å². The van der Waals surface area contributed by atoms with E-state index in [2.05, 4.69) is 34.1 Å². The molecule has 0 amide bonds. The topological polar surface area (TPSA) is 48.3 Å². The summed E-state index contributed by atoms with van der Waals surface area (Å²) in [4.78, 5) is 4.61. The molecule has 2 atom stereocenters. The summed E-state index contributed by atoms with van der Waals surface area (Å²) in [7, 11) is 1.67. The molecule has 1 aromatic heterocycles. The number of hydrogen-bond donors (Lipinski definition) is 1. The second kappa shape index (κ2) is 7.71. The minimum atomic E-state index is 0.492. The Bertz CT molecular complexity index is 668. The van der Waals surface area contributed by atoms with Crippen LogP contribution in [0.5, 0.6) is 11.5 Å². The van der Waals surface area contributed by atoms with E-state index in [-0.39, 0.29) is 0 Å². The molecular weight excluding hydrogens is 302 g/mol. The fourth-order valence-electron chi connectivity index (χ4n) is 3.46. The molecule has 0 bridgehead atoms. The van der Waals surface area contributed by atoms with Gasteiger partial charge in [-0.1, -0.05) is 6.92 Å². The average Bonchev–Trinajstić information content (AvgIpc) is 3.12. The zero-order valence-corrected chi connectivity index (χ0v) is 14.8. The number of piperidine rings is 1. The van der Waals surface area contributed by atoms with Crippen LogP contribution in [0.15, 0.2) is 30.6 Å². The summed E-state index contributed by atoms with van der Waals surface area (Å²) >= 11 is 0. The first kappa shape index (κ1) is 16.8. The monoisotopic (exact) mass is 329 g/mol. The van der Waals surface area contributed by atoms with Crippen LogP contribution in [0.1, 0.15) is 39.2 Å². The van der Waals surface area contributed by atoms with Gasteiger partial charge in [0.2, 0.25) is 0 Å². The van der Waals surface area contributed by atoms with E-state index in [0.29, 0.717) is 18.7 Å². The molecule has 5 heteroatoms. The van der Waals surface area contributed by atoms with Gasteiger partial charge < -0.3 is 19.4 Å². The van der Waals surface area contributed by atoms with E-state index in [1.807, 2.05) is 25.3 Å². The van der Waals surface area contributed by atoms with Gasteiger partial charge in [0.25, 0.3) is 0 Å².